The van der Waals surface area contributed by atoms with E-state index < -0.39 is 0 Å². The molecular weight excluding hydrogens is 274 g/mol. The van der Waals surface area contributed by atoms with Gasteiger partial charge in [-0.2, -0.15) is 5.10 Å². The molecule has 0 saturated carbocycles. The minimum absolute atomic E-state index is 0.656. The number of piperidine rings is 1. The second-order valence-corrected chi connectivity index (χ2v) is 5.87. The summed E-state index contributed by atoms with van der Waals surface area (Å²) in [6.07, 6.45) is 5.84. The van der Waals surface area contributed by atoms with Crippen LogP contribution in [0.4, 0.5) is 5.82 Å². The van der Waals surface area contributed by atoms with Crippen molar-refractivity contribution in [2.75, 3.05) is 18.0 Å². The zero-order chi connectivity index (χ0) is 14.9. The number of rotatable bonds is 2. The van der Waals surface area contributed by atoms with Gasteiger partial charge in [0.25, 0.3) is 0 Å². The van der Waals surface area contributed by atoms with Crippen molar-refractivity contribution in [2.45, 2.75) is 18.8 Å². The molecule has 5 nitrogen and oxygen atoms in total. The molecule has 1 fully saturated rings. The molecule has 0 radical (unpaired) electrons. The molecule has 5 heteroatoms. The predicted octanol–water partition coefficient (Wildman–Crippen LogP) is 2.75. The predicted molar refractivity (Wildman–Crippen MR) is 86.9 cm³/mol. The molecule has 1 saturated heterocycles. The first-order chi connectivity index (χ1) is 10.8. The van der Waals surface area contributed by atoms with E-state index in [-0.39, 0.29) is 0 Å². The smallest absolute Gasteiger partial charge is 0.163 e. The largest absolute Gasteiger partial charge is 0.356 e. The highest BCUT2D eigenvalue weighted by Crippen LogP contribution is 2.31. The molecule has 1 aromatic carbocycles. The average molecular weight is 293 g/mol. The van der Waals surface area contributed by atoms with Gasteiger partial charge in [0.15, 0.2) is 5.65 Å². The third-order valence-electron chi connectivity index (χ3n) is 4.57. The van der Waals surface area contributed by atoms with Crippen LogP contribution in [0.25, 0.3) is 11.0 Å². The summed E-state index contributed by atoms with van der Waals surface area (Å²) in [5.74, 6) is 1.67. The average Bonchev–Trinajstić information content (AvgIpc) is 2.97. The van der Waals surface area contributed by atoms with Crippen molar-refractivity contribution in [3.63, 3.8) is 0 Å². The first-order valence-corrected chi connectivity index (χ1v) is 7.75. The summed E-state index contributed by atoms with van der Waals surface area (Å²) in [6, 6.07) is 10.8. The monoisotopic (exact) mass is 293 g/mol. The molecule has 0 unspecified atom stereocenters. The van der Waals surface area contributed by atoms with Crippen LogP contribution in [-0.4, -0.2) is 32.8 Å². The van der Waals surface area contributed by atoms with E-state index in [2.05, 4.69) is 50.3 Å². The maximum absolute atomic E-state index is 4.50. The van der Waals surface area contributed by atoms with Crippen LogP contribution in [0.1, 0.15) is 24.3 Å². The first-order valence-electron chi connectivity index (χ1n) is 7.75. The Kier molecular flexibility index (Phi) is 3.25. The Morgan fingerprint density at radius 2 is 1.82 bits per heavy atom. The number of hydrogen-bond acceptors (Lipinski definition) is 4. The third kappa shape index (κ3) is 2.22. The molecule has 0 aliphatic carbocycles. The van der Waals surface area contributed by atoms with Crippen LogP contribution < -0.4 is 4.90 Å². The number of benzene rings is 1. The van der Waals surface area contributed by atoms with Crippen molar-refractivity contribution >= 4 is 16.9 Å². The van der Waals surface area contributed by atoms with Gasteiger partial charge in [-0.15, -0.1) is 0 Å². The minimum Gasteiger partial charge on any atom is -0.356 e. The van der Waals surface area contributed by atoms with Crippen molar-refractivity contribution in [3.8, 4) is 0 Å². The normalized spacial score (nSPS) is 16.3. The minimum atomic E-state index is 0.656. The quantitative estimate of drug-likeness (QED) is 0.729. The molecule has 4 rings (SSSR count). The molecule has 0 atom stereocenters. The summed E-state index contributed by atoms with van der Waals surface area (Å²) in [4.78, 5) is 11.2. The van der Waals surface area contributed by atoms with Crippen LogP contribution in [0, 0.1) is 0 Å². The van der Waals surface area contributed by atoms with E-state index in [0.717, 1.165) is 42.8 Å². The zero-order valence-corrected chi connectivity index (χ0v) is 12.7. The lowest BCUT2D eigenvalue weighted by atomic mass is 9.89. The van der Waals surface area contributed by atoms with Gasteiger partial charge in [0.05, 0.1) is 11.6 Å². The fraction of sp³-hybridized carbons (Fsp3) is 0.353. The maximum atomic E-state index is 4.50. The Balaban J connectivity index is 1.56. The van der Waals surface area contributed by atoms with E-state index in [9.17, 15) is 0 Å². The summed E-state index contributed by atoms with van der Waals surface area (Å²) >= 11 is 0. The molecule has 0 N–H and O–H groups in total. The lowest BCUT2D eigenvalue weighted by molar-refractivity contribution is 0.503. The molecule has 1 aliphatic rings. The molecule has 3 heterocycles. The van der Waals surface area contributed by atoms with Crippen LogP contribution in [0.5, 0.6) is 0 Å². The van der Waals surface area contributed by atoms with Crippen LogP contribution in [0.15, 0.2) is 42.9 Å². The van der Waals surface area contributed by atoms with E-state index in [0.29, 0.717) is 5.92 Å². The fourth-order valence-electron chi connectivity index (χ4n) is 3.35. The van der Waals surface area contributed by atoms with Crippen molar-refractivity contribution in [1.82, 2.24) is 19.7 Å². The van der Waals surface area contributed by atoms with E-state index in [1.54, 1.807) is 11.0 Å². The van der Waals surface area contributed by atoms with Crippen LogP contribution in [-0.2, 0) is 7.05 Å². The van der Waals surface area contributed by atoms with E-state index >= 15 is 0 Å². The van der Waals surface area contributed by atoms with Gasteiger partial charge in [0, 0.05) is 20.1 Å². The Hall–Kier alpha value is -2.43. The number of hydrogen-bond donors (Lipinski definition) is 0. The van der Waals surface area contributed by atoms with E-state index in [1.807, 2.05) is 13.2 Å². The number of fused-ring (bicyclic) bond motifs is 1. The molecular formula is C17H19N5. The first kappa shape index (κ1) is 13.2. The topological polar surface area (TPSA) is 46.8 Å². The molecule has 22 heavy (non-hydrogen) atoms. The Labute approximate surface area is 129 Å². The van der Waals surface area contributed by atoms with Crippen molar-refractivity contribution < 1.29 is 0 Å². The number of anilines is 1. The summed E-state index contributed by atoms with van der Waals surface area (Å²) < 4.78 is 1.80. The second-order valence-electron chi connectivity index (χ2n) is 5.87. The molecule has 2 aromatic heterocycles. The zero-order valence-electron chi connectivity index (χ0n) is 12.7. The van der Waals surface area contributed by atoms with Crippen LogP contribution in [0.2, 0.25) is 0 Å². The highest BCUT2D eigenvalue weighted by atomic mass is 15.3. The van der Waals surface area contributed by atoms with Gasteiger partial charge in [-0.3, -0.25) is 4.68 Å². The molecule has 0 amide bonds. The fourth-order valence-corrected chi connectivity index (χ4v) is 3.35. The van der Waals surface area contributed by atoms with Gasteiger partial charge in [-0.05, 0) is 24.3 Å². The van der Waals surface area contributed by atoms with Crippen molar-refractivity contribution in [2.24, 2.45) is 7.05 Å². The second kappa shape index (κ2) is 5.40. The maximum Gasteiger partial charge on any atom is 0.163 e. The van der Waals surface area contributed by atoms with Crippen LogP contribution >= 0.6 is 0 Å². The van der Waals surface area contributed by atoms with E-state index in [1.165, 1.54) is 5.56 Å². The van der Waals surface area contributed by atoms with Gasteiger partial charge in [0.1, 0.15) is 12.1 Å². The summed E-state index contributed by atoms with van der Waals surface area (Å²) in [6.45, 7) is 2.06. The van der Waals surface area contributed by atoms with Crippen LogP contribution in [0.3, 0.4) is 0 Å². The summed E-state index contributed by atoms with van der Waals surface area (Å²) in [5.41, 5.74) is 2.35. The molecule has 1 aliphatic heterocycles. The Morgan fingerprint density at radius 3 is 2.59 bits per heavy atom. The third-order valence-corrected chi connectivity index (χ3v) is 4.57. The number of aryl methyl sites for hydroxylation is 1. The van der Waals surface area contributed by atoms with Gasteiger partial charge in [0.2, 0.25) is 0 Å². The number of nitrogens with zero attached hydrogens (tertiary/aromatic N) is 5. The van der Waals surface area contributed by atoms with Gasteiger partial charge < -0.3 is 4.90 Å². The highest BCUT2D eigenvalue weighted by Gasteiger charge is 2.23. The molecule has 0 bridgehead atoms. The van der Waals surface area contributed by atoms with Crippen molar-refractivity contribution in [1.29, 1.82) is 0 Å². The highest BCUT2D eigenvalue weighted by molar-refractivity contribution is 5.86. The number of aromatic nitrogens is 4. The molecule has 3 aromatic rings. The van der Waals surface area contributed by atoms with Gasteiger partial charge >= 0.3 is 0 Å². The lowest BCUT2D eigenvalue weighted by Gasteiger charge is -2.33. The van der Waals surface area contributed by atoms with Crippen molar-refractivity contribution in [3.05, 3.63) is 48.4 Å². The summed E-state index contributed by atoms with van der Waals surface area (Å²) in [5, 5.41) is 5.35. The Bertz CT molecular complexity index is 772. The lowest BCUT2D eigenvalue weighted by Crippen LogP contribution is -2.33. The molecule has 0 spiro atoms. The van der Waals surface area contributed by atoms with E-state index in [4.69, 9.17) is 0 Å². The standard InChI is InChI=1S/C17H19N5/c1-21-16-15(11-20-21)17(19-12-18-16)22-9-7-14(8-10-22)13-5-3-2-4-6-13/h2-6,11-12,14H,7-10H2,1H3. The Morgan fingerprint density at radius 1 is 1.05 bits per heavy atom. The summed E-state index contributed by atoms with van der Waals surface area (Å²) in [7, 11) is 1.92. The molecule has 112 valence electrons. The SMILES string of the molecule is Cn1ncc2c(N3CCC(c4ccccc4)CC3)ncnc21. The van der Waals surface area contributed by atoms with Gasteiger partial charge in [-0.25, -0.2) is 9.97 Å². The van der Waals surface area contributed by atoms with Gasteiger partial charge in [-0.1, -0.05) is 30.3 Å².